The van der Waals surface area contributed by atoms with Gasteiger partial charge in [-0.3, -0.25) is 9.79 Å². The monoisotopic (exact) mass is 314 g/mol. The summed E-state index contributed by atoms with van der Waals surface area (Å²) in [7, 11) is 1.37. The molecular formula is C14H26N4O4. The van der Waals surface area contributed by atoms with Crippen LogP contribution in [-0.4, -0.2) is 80.8 Å². The van der Waals surface area contributed by atoms with Gasteiger partial charge in [-0.25, -0.2) is 4.79 Å². The van der Waals surface area contributed by atoms with Crippen molar-refractivity contribution >= 4 is 18.0 Å². The third-order valence-electron chi connectivity index (χ3n) is 3.25. The Balaban J connectivity index is 2.50. The fourth-order valence-corrected chi connectivity index (χ4v) is 2.10. The standard InChI is InChI=1S/C14H26N4O4/c1-4-15-13(16-7-6-12(19)21-3)17-8-10-18(11-9-17)14(20)22-5-2/h4-11H2,1-3H3,(H,15,16). The smallest absolute Gasteiger partial charge is 0.409 e. The minimum Gasteiger partial charge on any atom is -0.469 e. The molecule has 8 heteroatoms. The minimum atomic E-state index is -0.272. The SMILES string of the molecule is CCNC(=NCCC(=O)OC)N1CCN(C(=O)OCC)CC1. The lowest BCUT2D eigenvalue weighted by Crippen LogP contribution is -2.53. The Morgan fingerprint density at radius 3 is 2.32 bits per heavy atom. The number of esters is 1. The van der Waals surface area contributed by atoms with Crippen molar-refractivity contribution in [2.45, 2.75) is 20.3 Å². The van der Waals surface area contributed by atoms with Crippen LogP contribution in [0, 0.1) is 0 Å². The van der Waals surface area contributed by atoms with Crippen LogP contribution < -0.4 is 5.32 Å². The maximum Gasteiger partial charge on any atom is 0.409 e. The second-order valence-corrected chi connectivity index (χ2v) is 4.73. The molecule has 1 aliphatic rings. The van der Waals surface area contributed by atoms with Crippen molar-refractivity contribution < 1.29 is 19.1 Å². The van der Waals surface area contributed by atoms with Gasteiger partial charge in [0.15, 0.2) is 5.96 Å². The van der Waals surface area contributed by atoms with Crippen LogP contribution in [0.3, 0.4) is 0 Å². The molecule has 0 aromatic rings. The largest absolute Gasteiger partial charge is 0.469 e. The van der Waals surface area contributed by atoms with E-state index < -0.39 is 0 Å². The van der Waals surface area contributed by atoms with Crippen LogP contribution in [0.15, 0.2) is 4.99 Å². The summed E-state index contributed by atoms with van der Waals surface area (Å²) in [5.74, 6) is 0.488. The summed E-state index contributed by atoms with van der Waals surface area (Å²) in [6.45, 7) is 7.86. The lowest BCUT2D eigenvalue weighted by Gasteiger charge is -2.35. The Kier molecular flexibility index (Phi) is 8.09. The third-order valence-corrected chi connectivity index (χ3v) is 3.25. The zero-order chi connectivity index (χ0) is 16.4. The molecule has 0 unspecified atom stereocenters. The van der Waals surface area contributed by atoms with Gasteiger partial charge in [-0.15, -0.1) is 0 Å². The molecule has 1 N–H and O–H groups in total. The molecule has 0 saturated carbocycles. The molecule has 0 aliphatic carbocycles. The molecule has 0 atom stereocenters. The zero-order valence-corrected chi connectivity index (χ0v) is 13.6. The van der Waals surface area contributed by atoms with E-state index >= 15 is 0 Å². The highest BCUT2D eigenvalue weighted by atomic mass is 16.6. The molecule has 0 spiro atoms. The van der Waals surface area contributed by atoms with Gasteiger partial charge in [-0.2, -0.15) is 0 Å². The van der Waals surface area contributed by atoms with E-state index in [9.17, 15) is 9.59 Å². The number of amides is 1. The highest BCUT2D eigenvalue weighted by Gasteiger charge is 2.23. The van der Waals surface area contributed by atoms with Crippen molar-refractivity contribution in [3.63, 3.8) is 0 Å². The average Bonchev–Trinajstić information content (AvgIpc) is 2.54. The van der Waals surface area contributed by atoms with Gasteiger partial charge in [0.1, 0.15) is 0 Å². The number of hydrogen-bond acceptors (Lipinski definition) is 5. The van der Waals surface area contributed by atoms with Crippen LogP contribution in [0.1, 0.15) is 20.3 Å². The van der Waals surface area contributed by atoms with Gasteiger partial charge in [0.25, 0.3) is 0 Å². The number of ether oxygens (including phenoxy) is 2. The number of aliphatic imine (C=N–C) groups is 1. The van der Waals surface area contributed by atoms with Gasteiger partial charge < -0.3 is 24.6 Å². The molecular weight excluding hydrogens is 288 g/mol. The Hall–Kier alpha value is -1.99. The summed E-state index contributed by atoms with van der Waals surface area (Å²) in [6.07, 6.45) is -0.0106. The first kappa shape index (κ1) is 18.1. The second kappa shape index (κ2) is 9.86. The maximum absolute atomic E-state index is 11.7. The van der Waals surface area contributed by atoms with Gasteiger partial charge in [-0.1, -0.05) is 0 Å². The normalized spacial score (nSPS) is 15.5. The molecule has 8 nitrogen and oxygen atoms in total. The van der Waals surface area contributed by atoms with Crippen LogP contribution in [0.2, 0.25) is 0 Å². The number of guanidine groups is 1. The summed E-state index contributed by atoms with van der Waals surface area (Å²) in [5.41, 5.74) is 0. The fraction of sp³-hybridized carbons (Fsp3) is 0.786. The van der Waals surface area contributed by atoms with Crippen molar-refractivity contribution in [3.05, 3.63) is 0 Å². The van der Waals surface area contributed by atoms with Gasteiger partial charge in [0.2, 0.25) is 0 Å². The van der Waals surface area contributed by atoms with E-state index in [0.29, 0.717) is 39.3 Å². The highest BCUT2D eigenvalue weighted by molar-refractivity contribution is 5.80. The predicted molar refractivity (Wildman–Crippen MR) is 82.8 cm³/mol. The van der Waals surface area contributed by atoms with Crippen LogP contribution in [0.5, 0.6) is 0 Å². The summed E-state index contributed by atoms with van der Waals surface area (Å²) in [4.78, 5) is 31.0. The quantitative estimate of drug-likeness (QED) is 0.446. The van der Waals surface area contributed by atoms with Crippen LogP contribution >= 0.6 is 0 Å². The van der Waals surface area contributed by atoms with Crippen LogP contribution in [-0.2, 0) is 14.3 Å². The summed E-state index contributed by atoms with van der Waals surface area (Å²) in [6, 6.07) is 0. The molecule has 1 heterocycles. The Labute approximate surface area is 131 Å². The molecule has 0 aromatic carbocycles. The topological polar surface area (TPSA) is 83.5 Å². The Bertz CT molecular complexity index is 392. The van der Waals surface area contributed by atoms with E-state index in [2.05, 4.69) is 19.9 Å². The molecule has 22 heavy (non-hydrogen) atoms. The van der Waals surface area contributed by atoms with Crippen molar-refractivity contribution in [1.29, 1.82) is 0 Å². The number of piperazine rings is 1. The molecule has 0 radical (unpaired) electrons. The van der Waals surface area contributed by atoms with E-state index in [1.165, 1.54) is 7.11 Å². The number of nitrogens with zero attached hydrogens (tertiary/aromatic N) is 3. The van der Waals surface area contributed by atoms with Crippen LogP contribution in [0.4, 0.5) is 4.79 Å². The summed E-state index contributed by atoms with van der Waals surface area (Å²) in [5, 5.41) is 3.20. The van der Waals surface area contributed by atoms with Gasteiger partial charge in [-0.05, 0) is 13.8 Å². The molecule has 126 valence electrons. The van der Waals surface area contributed by atoms with Gasteiger partial charge in [0, 0.05) is 32.7 Å². The summed E-state index contributed by atoms with van der Waals surface area (Å²) >= 11 is 0. The van der Waals surface area contributed by atoms with Crippen LogP contribution in [0.25, 0.3) is 0 Å². The molecule has 0 aromatic heterocycles. The fourth-order valence-electron chi connectivity index (χ4n) is 2.10. The minimum absolute atomic E-state index is 0.258. The zero-order valence-electron chi connectivity index (χ0n) is 13.6. The molecule has 0 bridgehead atoms. The number of nitrogens with one attached hydrogen (secondary N) is 1. The molecule has 1 saturated heterocycles. The average molecular weight is 314 g/mol. The van der Waals surface area contributed by atoms with E-state index in [0.717, 1.165) is 12.5 Å². The van der Waals surface area contributed by atoms with Crippen molar-refractivity contribution in [2.75, 3.05) is 53.0 Å². The lowest BCUT2D eigenvalue weighted by atomic mass is 10.3. The number of carbonyl (C=O) groups excluding carboxylic acids is 2. The first-order valence-corrected chi connectivity index (χ1v) is 7.64. The predicted octanol–water partition coefficient (Wildman–Crippen LogP) is 0.289. The second-order valence-electron chi connectivity index (χ2n) is 4.73. The summed E-state index contributed by atoms with van der Waals surface area (Å²) < 4.78 is 9.60. The van der Waals surface area contributed by atoms with Crippen molar-refractivity contribution in [2.24, 2.45) is 4.99 Å². The van der Waals surface area contributed by atoms with E-state index in [1.807, 2.05) is 6.92 Å². The van der Waals surface area contributed by atoms with Crippen molar-refractivity contribution in [1.82, 2.24) is 15.1 Å². The lowest BCUT2D eigenvalue weighted by molar-refractivity contribution is -0.140. The molecule has 1 rings (SSSR count). The van der Waals surface area contributed by atoms with Gasteiger partial charge >= 0.3 is 12.1 Å². The Morgan fingerprint density at radius 2 is 1.77 bits per heavy atom. The molecule has 1 aliphatic heterocycles. The van der Waals surface area contributed by atoms with E-state index in [1.54, 1.807) is 11.8 Å². The molecule has 1 amide bonds. The number of rotatable bonds is 5. The van der Waals surface area contributed by atoms with Crippen molar-refractivity contribution in [3.8, 4) is 0 Å². The molecule has 1 fully saturated rings. The maximum atomic E-state index is 11.7. The number of carbonyl (C=O) groups is 2. The van der Waals surface area contributed by atoms with E-state index in [4.69, 9.17) is 4.74 Å². The number of methoxy groups -OCH3 is 1. The van der Waals surface area contributed by atoms with Gasteiger partial charge in [0.05, 0.1) is 26.7 Å². The highest BCUT2D eigenvalue weighted by Crippen LogP contribution is 2.04. The number of hydrogen-bond donors (Lipinski definition) is 1. The first-order valence-electron chi connectivity index (χ1n) is 7.64. The van der Waals surface area contributed by atoms with E-state index in [-0.39, 0.29) is 18.5 Å². The first-order chi connectivity index (χ1) is 10.6. The third kappa shape index (κ3) is 5.79. The Morgan fingerprint density at radius 1 is 1.14 bits per heavy atom.